The number of carbonyl (C=O) groups excluding carboxylic acids is 1. The summed E-state index contributed by atoms with van der Waals surface area (Å²) < 4.78 is 4.95. The van der Waals surface area contributed by atoms with Crippen molar-refractivity contribution in [3.05, 3.63) is 39.9 Å². The van der Waals surface area contributed by atoms with Crippen LogP contribution in [0.15, 0.2) is 17.5 Å². The first-order chi connectivity index (χ1) is 9.51. The van der Waals surface area contributed by atoms with Gasteiger partial charge < -0.3 is 4.74 Å². The molecule has 1 aromatic heterocycles. The van der Waals surface area contributed by atoms with Gasteiger partial charge in [-0.1, -0.05) is 17.7 Å². The maximum atomic E-state index is 11.5. The topological polar surface area (TPSA) is 39.2 Å². The summed E-state index contributed by atoms with van der Waals surface area (Å²) in [6.07, 6.45) is 0.244. The molecule has 1 aromatic carbocycles. The van der Waals surface area contributed by atoms with Crippen LogP contribution in [0.25, 0.3) is 10.6 Å². The van der Waals surface area contributed by atoms with Crippen molar-refractivity contribution in [2.45, 2.75) is 34.1 Å². The third-order valence-electron chi connectivity index (χ3n) is 3.07. The van der Waals surface area contributed by atoms with Crippen LogP contribution in [0, 0.1) is 20.8 Å². The van der Waals surface area contributed by atoms with Gasteiger partial charge in [0.1, 0.15) is 5.01 Å². The van der Waals surface area contributed by atoms with Crippen LogP contribution in [0.3, 0.4) is 0 Å². The molecule has 0 unspecified atom stereocenters. The Balaban J connectivity index is 2.27. The third kappa shape index (κ3) is 3.25. The van der Waals surface area contributed by atoms with E-state index in [0.717, 1.165) is 10.7 Å². The molecular formula is C16H19NO2S. The minimum atomic E-state index is -0.221. The standard InChI is InChI=1S/C16H19NO2S/c1-5-19-14(18)8-13-9-20-16(17-13)15-11(3)6-10(2)7-12(15)4/h6-7,9H,5,8H2,1-4H3. The monoisotopic (exact) mass is 289 g/mol. The van der Waals surface area contributed by atoms with Crippen molar-refractivity contribution in [1.82, 2.24) is 4.98 Å². The maximum absolute atomic E-state index is 11.5. The highest BCUT2D eigenvalue weighted by atomic mass is 32.1. The Kier molecular flexibility index (Phi) is 4.55. The number of ether oxygens (including phenoxy) is 1. The molecule has 0 amide bonds. The molecule has 0 N–H and O–H groups in total. The summed E-state index contributed by atoms with van der Waals surface area (Å²) in [5.41, 5.74) is 5.66. The normalized spacial score (nSPS) is 10.6. The van der Waals surface area contributed by atoms with Crippen LogP contribution >= 0.6 is 11.3 Å². The van der Waals surface area contributed by atoms with Gasteiger partial charge in [-0.2, -0.15) is 0 Å². The van der Waals surface area contributed by atoms with E-state index in [2.05, 4.69) is 37.9 Å². The SMILES string of the molecule is CCOC(=O)Cc1csc(-c2c(C)cc(C)cc2C)n1. The van der Waals surface area contributed by atoms with Crippen LogP contribution in [0.5, 0.6) is 0 Å². The van der Waals surface area contributed by atoms with Gasteiger partial charge in [-0.15, -0.1) is 11.3 Å². The molecule has 4 heteroatoms. The van der Waals surface area contributed by atoms with Gasteiger partial charge in [-0.3, -0.25) is 4.79 Å². The molecule has 0 aliphatic heterocycles. The van der Waals surface area contributed by atoms with Crippen molar-refractivity contribution in [3.63, 3.8) is 0 Å². The third-order valence-corrected chi connectivity index (χ3v) is 3.98. The van der Waals surface area contributed by atoms with Gasteiger partial charge >= 0.3 is 5.97 Å². The smallest absolute Gasteiger partial charge is 0.311 e. The number of rotatable bonds is 4. The van der Waals surface area contributed by atoms with E-state index in [-0.39, 0.29) is 12.4 Å². The Morgan fingerprint density at radius 1 is 1.25 bits per heavy atom. The predicted octanol–water partition coefficient (Wildman–Crippen LogP) is 3.84. The zero-order chi connectivity index (χ0) is 14.7. The summed E-state index contributed by atoms with van der Waals surface area (Å²) in [4.78, 5) is 16.1. The van der Waals surface area contributed by atoms with E-state index in [1.54, 1.807) is 11.3 Å². The molecule has 0 bridgehead atoms. The lowest BCUT2D eigenvalue weighted by Gasteiger charge is -2.08. The average molecular weight is 289 g/mol. The Hall–Kier alpha value is -1.68. The van der Waals surface area contributed by atoms with Gasteiger partial charge in [-0.05, 0) is 38.8 Å². The molecule has 1 heterocycles. The molecule has 20 heavy (non-hydrogen) atoms. The Morgan fingerprint density at radius 2 is 1.90 bits per heavy atom. The molecule has 0 aliphatic carbocycles. The van der Waals surface area contributed by atoms with Gasteiger partial charge in [0.15, 0.2) is 0 Å². The number of aryl methyl sites for hydroxylation is 3. The molecule has 0 radical (unpaired) electrons. The average Bonchev–Trinajstić information content (AvgIpc) is 2.76. The first-order valence-electron chi connectivity index (χ1n) is 6.69. The van der Waals surface area contributed by atoms with E-state index in [1.807, 2.05) is 12.3 Å². The lowest BCUT2D eigenvalue weighted by Crippen LogP contribution is -2.07. The fraction of sp³-hybridized carbons (Fsp3) is 0.375. The molecule has 0 aliphatic rings. The van der Waals surface area contributed by atoms with Crippen LogP contribution in [-0.4, -0.2) is 17.6 Å². The number of aromatic nitrogens is 1. The summed E-state index contributed by atoms with van der Waals surface area (Å²) in [5.74, 6) is -0.221. The second-order valence-corrected chi connectivity index (χ2v) is 5.76. The van der Waals surface area contributed by atoms with Crippen molar-refractivity contribution >= 4 is 17.3 Å². The van der Waals surface area contributed by atoms with E-state index in [9.17, 15) is 4.79 Å². The van der Waals surface area contributed by atoms with E-state index in [0.29, 0.717) is 6.61 Å². The zero-order valence-electron chi connectivity index (χ0n) is 12.3. The van der Waals surface area contributed by atoms with Crippen LogP contribution < -0.4 is 0 Å². The Morgan fingerprint density at radius 3 is 2.50 bits per heavy atom. The summed E-state index contributed by atoms with van der Waals surface area (Å²) >= 11 is 1.58. The molecule has 3 nitrogen and oxygen atoms in total. The largest absolute Gasteiger partial charge is 0.466 e. The van der Waals surface area contributed by atoms with Crippen LogP contribution in [0.1, 0.15) is 29.3 Å². The second-order valence-electron chi connectivity index (χ2n) is 4.90. The Labute approximate surface area is 123 Å². The number of esters is 1. The molecule has 2 aromatic rings. The molecule has 2 rings (SSSR count). The van der Waals surface area contributed by atoms with E-state index >= 15 is 0 Å². The van der Waals surface area contributed by atoms with Gasteiger partial charge in [-0.25, -0.2) is 4.98 Å². The van der Waals surface area contributed by atoms with Gasteiger partial charge in [0.25, 0.3) is 0 Å². The number of hydrogen-bond donors (Lipinski definition) is 0. The highest BCUT2D eigenvalue weighted by Crippen LogP contribution is 2.31. The highest BCUT2D eigenvalue weighted by molar-refractivity contribution is 7.13. The quantitative estimate of drug-likeness (QED) is 0.803. The van der Waals surface area contributed by atoms with Crippen molar-refractivity contribution < 1.29 is 9.53 Å². The fourth-order valence-electron chi connectivity index (χ4n) is 2.38. The molecule has 0 spiro atoms. The lowest BCUT2D eigenvalue weighted by atomic mass is 10.0. The molecular weight excluding hydrogens is 270 g/mol. The summed E-state index contributed by atoms with van der Waals surface area (Å²) in [6, 6.07) is 4.32. The minimum Gasteiger partial charge on any atom is -0.466 e. The van der Waals surface area contributed by atoms with E-state index in [1.165, 1.54) is 22.3 Å². The molecule has 0 atom stereocenters. The number of hydrogen-bond acceptors (Lipinski definition) is 4. The maximum Gasteiger partial charge on any atom is 0.311 e. The molecule has 0 saturated carbocycles. The second kappa shape index (κ2) is 6.18. The summed E-state index contributed by atoms with van der Waals surface area (Å²) in [5, 5.41) is 2.91. The van der Waals surface area contributed by atoms with Gasteiger partial charge in [0.05, 0.1) is 18.7 Å². The fourth-order valence-corrected chi connectivity index (χ4v) is 3.37. The van der Waals surface area contributed by atoms with Gasteiger partial charge in [0, 0.05) is 10.9 Å². The molecule has 0 saturated heterocycles. The van der Waals surface area contributed by atoms with Crippen molar-refractivity contribution in [3.8, 4) is 10.6 Å². The van der Waals surface area contributed by atoms with Crippen molar-refractivity contribution in [1.29, 1.82) is 0 Å². The predicted molar refractivity (Wildman–Crippen MR) is 82.1 cm³/mol. The number of thiazole rings is 1. The van der Waals surface area contributed by atoms with Crippen molar-refractivity contribution in [2.75, 3.05) is 6.61 Å². The van der Waals surface area contributed by atoms with Crippen LogP contribution in [0.2, 0.25) is 0 Å². The van der Waals surface area contributed by atoms with Crippen LogP contribution in [-0.2, 0) is 16.0 Å². The molecule has 106 valence electrons. The minimum absolute atomic E-state index is 0.221. The first-order valence-corrected chi connectivity index (χ1v) is 7.57. The Bertz CT molecular complexity index is 608. The lowest BCUT2D eigenvalue weighted by molar-refractivity contribution is -0.142. The number of benzene rings is 1. The number of nitrogens with zero attached hydrogens (tertiary/aromatic N) is 1. The number of carbonyl (C=O) groups is 1. The highest BCUT2D eigenvalue weighted by Gasteiger charge is 2.13. The summed E-state index contributed by atoms with van der Waals surface area (Å²) in [6.45, 7) is 8.51. The van der Waals surface area contributed by atoms with Crippen LogP contribution in [0.4, 0.5) is 0 Å². The molecule has 0 fully saturated rings. The van der Waals surface area contributed by atoms with E-state index in [4.69, 9.17) is 4.74 Å². The summed E-state index contributed by atoms with van der Waals surface area (Å²) in [7, 11) is 0. The van der Waals surface area contributed by atoms with Gasteiger partial charge in [0.2, 0.25) is 0 Å². The van der Waals surface area contributed by atoms with Crippen molar-refractivity contribution in [2.24, 2.45) is 0 Å². The van der Waals surface area contributed by atoms with E-state index < -0.39 is 0 Å². The zero-order valence-corrected chi connectivity index (χ0v) is 13.1. The first kappa shape index (κ1) is 14.7.